The molecule has 0 aromatic rings. The van der Waals surface area contributed by atoms with Crippen molar-refractivity contribution in [2.24, 2.45) is 52.3 Å². The molecule has 0 aromatic carbocycles. The molecule has 4 nitrogen and oxygen atoms in total. The van der Waals surface area contributed by atoms with Crippen molar-refractivity contribution >= 4 is 23.0 Å². The molecule has 0 amide bonds. The Morgan fingerprint density at radius 1 is 1.03 bits per heavy atom. The number of ether oxygens (including phenoxy) is 1. The Bertz CT molecular complexity index is 840. The van der Waals surface area contributed by atoms with E-state index >= 15 is 0 Å². The lowest BCUT2D eigenvalue weighted by atomic mass is 9.43. The van der Waals surface area contributed by atoms with Crippen LogP contribution in [0.1, 0.15) is 91.9 Å². The van der Waals surface area contributed by atoms with Crippen LogP contribution in [0.3, 0.4) is 0 Å². The number of fused-ring (bicyclic) bond motifs is 5. The van der Waals surface area contributed by atoms with Crippen LogP contribution in [0.25, 0.3) is 0 Å². The fraction of sp³-hybridized carbons (Fsp3) is 0.968. The van der Waals surface area contributed by atoms with E-state index in [9.17, 15) is 9.26 Å². The van der Waals surface area contributed by atoms with Gasteiger partial charge in [-0.25, -0.2) is 0 Å². The first-order valence-corrected chi connectivity index (χ1v) is 20.8. The van der Waals surface area contributed by atoms with Gasteiger partial charge in [0.2, 0.25) is 0 Å². The van der Waals surface area contributed by atoms with Crippen LogP contribution in [0.2, 0.25) is 31.7 Å². The number of esters is 1. The molecular weight excluding hydrogens is 493 g/mol. The highest BCUT2D eigenvalue weighted by Crippen LogP contribution is 2.69. The lowest BCUT2D eigenvalue weighted by Crippen LogP contribution is -2.60. The highest BCUT2D eigenvalue weighted by atomic mass is 28.4. The lowest BCUT2D eigenvalue weighted by Gasteiger charge is -2.64. The lowest BCUT2D eigenvalue weighted by molar-refractivity contribution is -0.164. The van der Waals surface area contributed by atoms with Crippen LogP contribution >= 0.6 is 0 Å². The molecule has 2 unspecified atom stereocenters. The van der Waals surface area contributed by atoms with Crippen LogP contribution in [-0.4, -0.2) is 36.2 Å². The number of hydrogen-bond donors (Lipinski definition) is 0. The maximum Gasteiger partial charge on any atom is 0.305 e. The third-order valence-electron chi connectivity index (χ3n) is 12.0. The molecule has 4 aliphatic carbocycles. The zero-order valence-electron chi connectivity index (χ0n) is 25.2. The molecule has 0 N–H and O–H groups in total. The van der Waals surface area contributed by atoms with E-state index in [-0.39, 0.29) is 5.97 Å². The molecule has 0 saturated heterocycles. The minimum Gasteiger partial charge on any atom is -0.469 e. The fourth-order valence-electron chi connectivity index (χ4n) is 10.1. The van der Waals surface area contributed by atoms with E-state index in [4.69, 9.17) is 9.16 Å². The zero-order valence-corrected chi connectivity index (χ0v) is 27.2. The second-order valence-corrected chi connectivity index (χ2v) is 21.7. The van der Waals surface area contributed by atoms with Gasteiger partial charge in [0.1, 0.15) is 0 Å². The van der Waals surface area contributed by atoms with Gasteiger partial charge in [-0.1, -0.05) is 27.7 Å². The minimum atomic E-state index is -1.68. The van der Waals surface area contributed by atoms with Crippen molar-refractivity contribution in [3.8, 4) is 0 Å². The fourth-order valence-corrected chi connectivity index (χ4v) is 12.6. The van der Waals surface area contributed by atoms with Crippen molar-refractivity contribution < 1.29 is 18.4 Å². The van der Waals surface area contributed by atoms with Crippen LogP contribution in [0.5, 0.6) is 0 Å². The van der Waals surface area contributed by atoms with E-state index in [1.54, 1.807) is 0 Å². The third-order valence-corrected chi connectivity index (χ3v) is 14.8. The molecule has 0 aromatic heterocycles. The highest BCUT2D eigenvalue weighted by molar-refractivity contribution is 6.69. The standard InChI is InChI=1S/C31H56O4Si2/c1-9-36(33)20-22-14-16-30(3)23(18-22)19-27(35-37(6,7)8)29-25-12-11-24(21(2)10-13-28(32)34-5)31(25,4)17-15-26(29)30/h21-27,29H,9-20H2,1-8H3/t21?,22-,23+,24-,25+,26+,27?,29+,30+,31-/m1/s1. The first kappa shape index (κ1) is 29.6. The summed E-state index contributed by atoms with van der Waals surface area (Å²) in [6, 6.07) is 1.85. The van der Waals surface area contributed by atoms with Crippen LogP contribution in [0, 0.1) is 52.3 Å². The zero-order chi connectivity index (χ0) is 27.2. The first-order valence-electron chi connectivity index (χ1n) is 15.6. The van der Waals surface area contributed by atoms with Crippen molar-refractivity contribution in [1.82, 2.24) is 0 Å². The Labute approximate surface area is 230 Å². The smallest absolute Gasteiger partial charge is 0.305 e. The van der Waals surface area contributed by atoms with E-state index in [0.29, 0.717) is 47.0 Å². The largest absolute Gasteiger partial charge is 0.469 e. The molecule has 0 radical (unpaired) electrons. The molecule has 10 atom stereocenters. The van der Waals surface area contributed by atoms with Crippen LogP contribution < -0.4 is 0 Å². The van der Waals surface area contributed by atoms with Crippen LogP contribution in [0.15, 0.2) is 0 Å². The van der Waals surface area contributed by atoms with E-state index in [2.05, 4.69) is 47.3 Å². The average molecular weight is 549 g/mol. The van der Waals surface area contributed by atoms with Crippen molar-refractivity contribution in [3.63, 3.8) is 0 Å². The van der Waals surface area contributed by atoms with Gasteiger partial charge in [0.05, 0.1) is 7.11 Å². The minimum absolute atomic E-state index is 0.0649. The monoisotopic (exact) mass is 548 g/mol. The van der Waals surface area contributed by atoms with Crippen molar-refractivity contribution in [2.75, 3.05) is 7.11 Å². The second kappa shape index (κ2) is 11.3. The summed E-state index contributed by atoms with van der Waals surface area (Å²) in [6.07, 6.45) is 12.3. The molecule has 212 valence electrons. The summed E-state index contributed by atoms with van der Waals surface area (Å²) in [5, 5.41) is 0. The maximum atomic E-state index is 12.5. The van der Waals surface area contributed by atoms with Gasteiger partial charge in [-0.3, -0.25) is 4.79 Å². The van der Waals surface area contributed by atoms with Gasteiger partial charge in [-0.2, -0.15) is 0 Å². The topological polar surface area (TPSA) is 52.6 Å². The van der Waals surface area contributed by atoms with Crippen molar-refractivity contribution in [1.29, 1.82) is 0 Å². The van der Waals surface area contributed by atoms with E-state index in [0.717, 1.165) is 36.3 Å². The summed E-state index contributed by atoms with van der Waals surface area (Å²) in [5.41, 5.74) is 0.775. The Morgan fingerprint density at radius 2 is 1.70 bits per heavy atom. The quantitative estimate of drug-likeness (QED) is 0.216. The molecule has 37 heavy (non-hydrogen) atoms. The molecular formula is C31H56O4Si2. The van der Waals surface area contributed by atoms with Gasteiger partial charge in [0, 0.05) is 12.5 Å². The molecule has 4 rings (SSSR count). The van der Waals surface area contributed by atoms with Crippen LogP contribution in [0.4, 0.5) is 0 Å². The Balaban J connectivity index is 1.58. The Hall–Kier alpha value is -0.336. The second-order valence-electron chi connectivity index (χ2n) is 15.1. The molecule has 4 saturated carbocycles. The van der Waals surface area contributed by atoms with Gasteiger partial charge < -0.3 is 13.6 Å². The SMILES string of the molecule is CC[Si](=O)C[C@@H]1CC[C@@]2(C)[C@H](CC(O[Si](C)(C)C)[C@@H]3[C@@H]2CC[C@]2(C)[C@@H](C(C)CCC(=O)OC)CC[C@@H]32)C1. The summed E-state index contributed by atoms with van der Waals surface area (Å²) in [4.78, 5) is 11.9. The Kier molecular flexibility index (Phi) is 9.03. The number of hydrogen-bond acceptors (Lipinski definition) is 4. The molecule has 4 aliphatic rings. The van der Waals surface area contributed by atoms with Crippen molar-refractivity contribution in [2.45, 2.75) is 130 Å². The van der Waals surface area contributed by atoms with Gasteiger partial charge in [0.15, 0.2) is 8.32 Å². The Morgan fingerprint density at radius 3 is 2.35 bits per heavy atom. The van der Waals surface area contributed by atoms with Gasteiger partial charge >= 0.3 is 5.97 Å². The number of carbonyl (C=O) groups is 1. The van der Waals surface area contributed by atoms with E-state index in [1.807, 2.05) is 0 Å². The summed E-state index contributed by atoms with van der Waals surface area (Å²) in [6.45, 7) is 16.9. The molecule has 6 heteroatoms. The third kappa shape index (κ3) is 5.91. The summed E-state index contributed by atoms with van der Waals surface area (Å²) < 4.78 is 24.6. The van der Waals surface area contributed by atoms with Crippen LogP contribution in [-0.2, 0) is 18.4 Å². The number of carbonyl (C=O) groups excluding carboxylic acids is 1. The first-order chi connectivity index (χ1) is 17.3. The molecule has 0 bridgehead atoms. The van der Waals surface area contributed by atoms with Gasteiger partial charge in [-0.15, -0.1) is 0 Å². The maximum absolute atomic E-state index is 12.5. The van der Waals surface area contributed by atoms with Gasteiger partial charge in [0.25, 0.3) is 8.68 Å². The van der Waals surface area contributed by atoms with Gasteiger partial charge in [-0.05, 0) is 142 Å². The summed E-state index contributed by atoms with van der Waals surface area (Å²) in [5.74, 6) is 4.76. The number of methoxy groups -OCH3 is 1. The molecule has 4 fully saturated rings. The molecule has 0 spiro atoms. The predicted molar refractivity (Wildman–Crippen MR) is 154 cm³/mol. The summed E-state index contributed by atoms with van der Waals surface area (Å²) >= 11 is 0. The van der Waals surface area contributed by atoms with Crippen molar-refractivity contribution in [3.05, 3.63) is 0 Å². The predicted octanol–water partition coefficient (Wildman–Crippen LogP) is 8.12. The molecule has 0 aliphatic heterocycles. The highest BCUT2D eigenvalue weighted by Gasteiger charge is 2.63. The van der Waals surface area contributed by atoms with E-state index in [1.165, 1.54) is 58.5 Å². The summed E-state index contributed by atoms with van der Waals surface area (Å²) in [7, 11) is -1.57. The average Bonchev–Trinajstić information content (AvgIpc) is 3.19. The number of rotatable bonds is 9. The normalized spacial score (nSPS) is 42.3. The molecule has 0 heterocycles. The van der Waals surface area contributed by atoms with E-state index < -0.39 is 17.0 Å².